The van der Waals surface area contributed by atoms with Crippen LogP contribution >= 0.6 is 11.3 Å². The number of carbonyl (C=O) groups excluding carboxylic acids is 1. The fraction of sp³-hybridized carbons (Fsp3) is 0.412. The van der Waals surface area contributed by atoms with Gasteiger partial charge in [0.05, 0.1) is 4.88 Å². The van der Waals surface area contributed by atoms with Crippen LogP contribution < -0.4 is 4.90 Å². The van der Waals surface area contributed by atoms with Crippen LogP contribution in [-0.2, 0) is 6.42 Å². The lowest BCUT2D eigenvalue weighted by atomic mass is 10.2. The van der Waals surface area contributed by atoms with Crippen LogP contribution in [0.5, 0.6) is 0 Å². The maximum absolute atomic E-state index is 12.4. The minimum atomic E-state index is 0.124. The van der Waals surface area contributed by atoms with Crippen molar-refractivity contribution >= 4 is 28.8 Å². The van der Waals surface area contributed by atoms with Crippen molar-refractivity contribution in [2.24, 2.45) is 0 Å². The molecule has 0 atom stereocenters. The van der Waals surface area contributed by atoms with Gasteiger partial charge in [-0.15, -0.1) is 21.5 Å². The monoisotopic (exact) mass is 356 g/mol. The molecular formula is C17H20N6OS. The molecule has 0 aromatic carbocycles. The largest absolute Gasteiger partial charge is 0.353 e. The van der Waals surface area contributed by atoms with E-state index in [0.717, 1.165) is 41.7 Å². The molecule has 7 nitrogen and oxygen atoms in total. The topological polar surface area (TPSA) is 66.6 Å². The third-order valence-corrected chi connectivity index (χ3v) is 5.42. The average Bonchev–Trinajstić information content (AvgIpc) is 3.31. The van der Waals surface area contributed by atoms with Crippen molar-refractivity contribution < 1.29 is 4.79 Å². The van der Waals surface area contributed by atoms with E-state index < -0.39 is 0 Å². The van der Waals surface area contributed by atoms with E-state index in [-0.39, 0.29) is 5.91 Å². The minimum Gasteiger partial charge on any atom is -0.353 e. The lowest BCUT2D eigenvalue weighted by molar-refractivity contribution is 0.0751. The molecule has 0 N–H and O–H groups in total. The van der Waals surface area contributed by atoms with Crippen molar-refractivity contribution in [1.82, 2.24) is 24.5 Å². The van der Waals surface area contributed by atoms with Crippen LogP contribution in [0, 0.1) is 6.92 Å². The highest BCUT2D eigenvalue weighted by Gasteiger charge is 2.24. The zero-order valence-corrected chi connectivity index (χ0v) is 15.2. The van der Waals surface area contributed by atoms with Gasteiger partial charge in [0, 0.05) is 44.4 Å². The van der Waals surface area contributed by atoms with E-state index in [1.165, 1.54) is 11.3 Å². The van der Waals surface area contributed by atoms with Gasteiger partial charge in [-0.05, 0) is 18.4 Å². The van der Waals surface area contributed by atoms with Crippen LogP contribution in [0.4, 0.5) is 5.82 Å². The number of hydrogen-bond donors (Lipinski definition) is 0. The van der Waals surface area contributed by atoms with Crippen LogP contribution in [0.3, 0.4) is 0 Å². The van der Waals surface area contributed by atoms with E-state index in [9.17, 15) is 4.79 Å². The molecule has 0 unspecified atom stereocenters. The van der Waals surface area contributed by atoms with E-state index in [2.05, 4.69) is 40.0 Å². The highest BCUT2D eigenvalue weighted by atomic mass is 32.1. The maximum Gasteiger partial charge on any atom is 0.264 e. The molecule has 4 heterocycles. The second-order valence-electron chi connectivity index (χ2n) is 6.12. The van der Waals surface area contributed by atoms with Crippen molar-refractivity contribution in [3.8, 4) is 0 Å². The molecule has 0 spiro atoms. The number of thiophene rings is 1. The van der Waals surface area contributed by atoms with Crippen LogP contribution in [0.25, 0.3) is 5.78 Å². The molecule has 4 rings (SSSR count). The Morgan fingerprint density at radius 1 is 1.24 bits per heavy atom. The molecule has 0 radical (unpaired) electrons. The molecule has 1 amide bonds. The standard InChI is InChI=1S/C17H20N6OS/c1-3-14-19-20-17-18-15(11-12(2)23(14)17)21-6-8-22(9-7-21)16(24)13-5-4-10-25-13/h4-5,10-11H,3,6-9H2,1-2H3. The summed E-state index contributed by atoms with van der Waals surface area (Å²) < 4.78 is 2.00. The first-order chi connectivity index (χ1) is 12.2. The van der Waals surface area contributed by atoms with Gasteiger partial charge in [-0.2, -0.15) is 4.98 Å². The summed E-state index contributed by atoms with van der Waals surface area (Å²) in [5.41, 5.74) is 1.08. The van der Waals surface area contributed by atoms with Gasteiger partial charge in [0.2, 0.25) is 0 Å². The van der Waals surface area contributed by atoms with E-state index in [1.807, 2.05) is 26.8 Å². The summed E-state index contributed by atoms with van der Waals surface area (Å²) in [6.45, 7) is 7.07. The lowest BCUT2D eigenvalue weighted by Gasteiger charge is -2.35. The van der Waals surface area contributed by atoms with Gasteiger partial charge in [-0.3, -0.25) is 9.20 Å². The number of carbonyl (C=O) groups is 1. The molecule has 0 aliphatic carbocycles. The molecule has 3 aromatic heterocycles. The minimum absolute atomic E-state index is 0.124. The first-order valence-electron chi connectivity index (χ1n) is 8.46. The van der Waals surface area contributed by atoms with Gasteiger partial charge in [-0.1, -0.05) is 13.0 Å². The zero-order valence-electron chi connectivity index (χ0n) is 14.3. The number of hydrogen-bond acceptors (Lipinski definition) is 6. The fourth-order valence-electron chi connectivity index (χ4n) is 3.21. The Morgan fingerprint density at radius 3 is 2.72 bits per heavy atom. The van der Waals surface area contributed by atoms with Crippen LogP contribution in [0.2, 0.25) is 0 Å². The van der Waals surface area contributed by atoms with Crippen LogP contribution in [0.15, 0.2) is 23.6 Å². The summed E-state index contributed by atoms with van der Waals surface area (Å²) in [5, 5.41) is 10.3. The molecule has 1 fully saturated rings. The van der Waals surface area contributed by atoms with E-state index in [0.29, 0.717) is 18.9 Å². The van der Waals surface area contributed by atoms with Crippen molar-refractivity contribution in [3.63, 3.8) is 0 Å². The van der Waals surface area contributed by atoms with Gasteiger partial charge in [0.15, 0.2) is 0 Å². The second kappa shape index (κ2) is 6.44. The summed E-state index contributed by atoms with van der Waals surface area (Å²) >= 11 is 1.49. The van der Waals surface area contributed by atoms with Gasteiger partial charge in [-0.25, -0.2) is 0 Å². The highest BCUT2D eigenvalue weighted by molar-refractivity contribution is 7.12. The smallest absolute Gasteiger partial charge is 0.264 e. The molecule has 1 aliphatic heterocycles. The molecule has 1 saturated heterocycles. The maximum atomic E-state index is 12.4. The molecule has 0 saturated carbocycles. The first-order valence-corrected chi connectivity index (χ1v) is 9.34. The Balaban J connectivity index is 1.51. The summed E-state index contributed by atoms with van der Waals surface area (Å²) in [6, 6.07) is 5.88. The lowest BCUT2D eigenvalue weighted by Crippen LogP contribution is -2.49. The number of nitrogens with zero attached hydrogens (tertiary/aromatic N) is 6. The van der Waals surface area contributed by atoms with Gasteiger partial charge in [0.1, 0.15) is 11.6 Å². The number of fused-ring (bicyclic) bond motifs is 1. The van der Waals surface area contributed by atoms with Crippen LogP contribution in [-0.4, -0.2) is 56.6 Å². The molecule has 8 heteroatoms. The summed E-state index contributed by atoms with van der Waals surface area (Å²) in [5.74, 6) is 2.60. The van der Waals surface area contributed by atoms with Crippen LogP contribution in [0.1, 0.15) is 28.1 Å². The number of amides is 1. The summed E-state index contributed by atoms with van der Waals surface area (Å²) in [7, 11) is 0. The Hall–Kier alpha value is -2.48. The average molecular weight is 356 g/mol. The number of anilines is 1. The molecule has 1 aliphatic rings. The molecular weight excluding hydrogens is 336 g/mol. The normalized spacial score (nSPS) is 15.1. The quantitative estimate of drug-likeness (QED) is 0.718. The van der Waals surface area contributed by atoms with Crippen molar-refractivity contribution in [2.45, 2.75) is 20.3 Å². The van der Waals surface area contributed by atoms with Crippen molar-refractivity contribution in [1.29, 1.82) is 0 Å². The predicted molar refractivity (Wildman–Crippen MR) is 97.3 cm³/mol. The summed E-state index contributed by atoms with van der Waals surface area (Å²) in [6.07, 6.45) is 0.826. The first kappa shape index (κ1) is 16.0. The van der Waals surface area contributed by atoms with E-state index >= 15 is 0 Å². The van der Waals surface area contributed by atoms with Crippen molar-refractivity contribution in [3.05, 3.63) is 40.0 Å². The Bertz CT molecular complexity index is 895. The fourth-order valence-corrected chi connectivity index (χ4v) is 3.90. The summed E-state index contributed by atoms with van der Waals surface area (Å²) in [4.78, 5) is 22.0. The number of piperazine rings is 1. The zero-order chi connectivity index (χ0) is 17.4. The Labute approximate surface area is 149 Å². The number of aromatic nitrogens is 4. The molecule has 130 valence electrons. The number of rotatable bonds is 3. The number of aryl methyl sites for hydroxylation is 2. The Morgan fingerprint density at radius 2 is 2.04 bits per heavy atom. The third-order valence-electron chi connectivity index (χ3n) is 4.56. The van der Waals surface area contributed by atoms with Crippen molar-refractivity contribution in [2.75, 3.05) is 31.1 Å². The SMILES string of the molecule is CCc1nnc2nc(N3CCN(C(=O)c4cccs4)CC3)cc(C)n12. The second-order valence-corrected chi connectivity index (χ2v) is 7.07. The Kier molecular flexibility index (Phi) is 4.12. The predicted octanol–water partition coefficient (Wildman–Crippen LogP) is 2.02. The third kappa shape index (κ3) is 2.86. The molecule has 25 heavy (non-hydrogen) atoms. The van der Waals surface area contributed by atoms with E-state index in [4.69, 9.17) is 0 Å². The van der Waals surface area contributed by atoms with Gasteiger partial charge < -0.3 is 9.80 Å². The molecule has 3 aromatic rings. The van der Waals surface area contributed by atoms with E-state index in [1.54, 1.807) is 0 Å². The molecule has 0 bridgehead atoms. The highest BCUT2D eigenvalue weighted by Crippen LogP contribution is 2.19. The van der Waals surface area contributed by atoms with Gasteiger partial charge >= 0.3 is 0 Å². The van der Waals surface area contributed by atoms with Gasteiger partial charge in [0.25, 0.3) is 11.7 Å².